The van der Waals surface area contributed by atoms with Gasteiger partial charge in [0.1, 0.15) is 5.82 Å². The number of nitrogens with one attached hydrogen (secondary N) is 1. The van der Waals surface area contributed by atoms with Crippen molar-refractivity contribution >= 4 is 22.5 Å². The SMILES string of the molecule is CC(C)(C)c1ccccc1NC(=O)c1ccc2c(=O)n3c(nc2c1)CCCCCC3. The lowest BCUT2D eigenvalue weighted by atomic mass is 9.86. The Hall–Kier alpha value is -2.95. The number of hydrogen-bond acceptors (Lipinski definition) is 3. The summed E-state index contributed by atoms with van der Waals surface area (Å²) in [6.45, 7) is 7.10. The van der Waals surface area contributed by atoms with Crippen LogP contribution in [0.2, 0.25) is 0 Å². The van der Waals surface area contributed by atoms with Gasteiger partial charge in [-0.3, -0.25) is 14.2 Å². The first-order chi connectivity index (χ1) is 14.3. The van der Waals surface area contributed by atoms with Crippen LogP contribution in [0.3, 0.4) is 0 Å². The second kappa shape index (κ2) is 8.05. The zero-order valence-corrected chi connectivity index (χ0v) is 18.0. The Kier molecular flexibility index (Phi) is 5.46. The lowest BCUT2D eigenvalue weighted by Gasteiger charge is -2.23. The molecule has 1 aliphatic rings. The molecule has 0 saturated heterocycles. The van der Waals surface area contributed by atoms with Gasteiger partial charge in [0.15, 0.2) is 0 Å². The first-order valence-corrected chi connectivity index (χ1v) is 10.8. The summed E-state index contributed by atoms with van der Waals surface area (Å²) in [4.78, 5) is 30.7. The lowest BCUT2D eigenvalue weighted by molar-refractivity contribution is 0.102. The topological polar surface area (TPSA) is 64.0 Å². The van der Waals surface area contributed by atoms with E-state index in [2.05, 4.69) is 26.1 Å². The molecule has 1 amide bonds. The second-order valence-electron chi connectivity index (χ2n) is 9.13. The molecule has 0 unspecified atom stereocenters. The number of fused-ring (bicyclic) bond motifs is 2. The fourth-order valence-electron chi connectivity index (χ4n) is 4.18. The van der Waals surface area contributed by atoms with Crippen molar-refractivity contribution in [3.8, 4) is 0 Å². The van der Waals surface area contributed by atoms with Crippen molar-refractivity contribution in [1.82, 2.24) is 9.55 Å². The van der Waals surface area contributed by atoms with Crippen molar-refractivity contribution < 1.29 is 4.79 Å². The highest BCUT2D eigenvalue weighted by molar-refractivity contribution is 6.06. The van der Waals surface area contributed by atoms with Gasteiger partial charge in [0, 0.05) is 24.2 Å². The van der Waals surface area contributed by atoms with Crippen molar-refractivity contribution in [2.45, 2.75) is 64.8 Å². The number of carbonyl (C=O) groups is 1. The summed E-state index contributed by atoms with van der Waals surface area (Å²) < 4.78 is 1.82. The van der Waals surface area contributed by atoms with Gasteiger partial charge in [0.25, 0.3) is 11.5 Å². The fraction of sp³-hybridized carbons (Fsp3) is 0.400. The van der Waals surface area contributed by atoms with E-state index in [1.54, 1.807) is 18.2 Å². The van der Waals surface area contributed by atoms with E-state index in [0.717, 1.165) is 49.3 Å². The summed E-state index contributed by atoms with van der Waals surface area (Å²) in [6, 6.07) is 13.1. The van der Waals surface area contributed by atoms with Gasteiger partial charge in [-0.2, -0.15) is 0 Å². The van der Waals surface area contributed by atoms with Gasteiger partial charge in [0.2, 0.25) is 0 Å². The van der Waals surface area contributed by atoms with Crippen LogP contribution in [-0.2, 0) is 18.4 Å². The third-order valence-electron chi connectivity index (χ3n) is 5.81. The first-order valence-electron chi connectivity index (χ1n) is 10.8. The molecule has 5 nitrogen and oxygen atoms in total. The highest BCUT2D eigenvalue weighted by atomic mass is 16.1. The average molecular weight is 404 g/mol. The zero-order chi connectivity index (χ0) is 21.3. The number of carbonyl (C=O) groups excluding carboxylic acids is 1. The molecule has 1 aliphatic heterocycles. The van der Waals surface area contributed by atoms with E-state index in [1.807, 2.05) is 28.8 Å². The minimum Gasteiger partial charge on any atom is -0.322 e. The summed E-state index contributed by atoms with van der Waals surface area (Å²) in [5.41, 5.74) is 2.91. The van der Waals surface area contributed by atoms with Crippen LogP contribution < -0.4 is 10.9 Å². The molecule has 0 saturated carbocycles. The molecule has 0 aliphatic carbocycles. The van der Waals surface area contributed by atoms with E-state index in [4.69, 9.17) is 4.98 Å². The lowest BCUT2D eigenvalue weighted by Crippen LogP contribution is -2.26. The van der Waals surface area contributed by atoms with Crippen LogP contribution in [-0.4, -0.2) is 15.5 Å². The Balaban J connectivity index is 1.70. The molecule has 0 radical (unpaired) electrons. The van der Waals surface area contributed by atoms with Crippen LogP contribution in [0.5, 0.6) is 0 Å². The van der Waals surface area contributed by atoms with Crippen LogP contribution in [0, 0.1) is 0 Å². The molecule has 1 aromatic heterocycles. The maximum absolute atomic E-state index is 13.0. The number of nitrogens with zero attached hydrogens (tertiary/aromatic N) is 2. The van der Waals surface area contributed by atoms with Gasteiger partial charge in [0.05, 0.1) is 10.9 Å². The second-order valence-corrected chi connectivity index (χ2v) is 9.13. The number of aromatic nitrogens is 2. The highest BCUT2D eigenvalue weighted by Gasteiger charge is 2.20. The van der Waals surface area contributed by atoms with Gasteiger partial charge in [-0.05, 0) is 48.1 Å². The fourth-order valence-corrected chi connectivity index (χ4v) is 4.18. The number of hydrogen-bond donors (Lipinski definition) is 1. The van der Waals surface area contributed by atoms with Crippen LogP contribution >= 0.6 is 0 Å². The van der Waals surface area contributed by atoms with Crippen molar-refractivity contribution in [2.24, 2.45) is 0 Å². The Labute approximate surface area is 177 Å². The van der Waals surface area contributed by atoms with E-state index < -0.39 is 0 Å². The van der Waals surface area contributed by atoms with E-state index in [0.29, 0.717) is 16.5 Å². The summed E-state index contributed by atoms with van der Waals surface area (Å²) in [5.74, 6) is 0.644. The van der Waals surface area contributed by atoms with E-state index in [9.17, 15) is 9.59 Å². The molecule has 30 heavy (non-hydrogen) atoms. The Morgan fingerprint density at radius 3 is 2.60 bits per heavy atom. The number of para-hydroxylation sites is 1. The van der Waals surface area contributed by atoms with E-state index >= 15 is 0 Å². The smallest absolute Gasteiger partial charge is 0.261 e. The molecule has 2 heterocycles. The minimum atomic E-state index is -0.192. The maximum Gasteiger partial charge on any atom is 0.261 e. The van der Waals surface area contributed by atoms with Crippen LogP contribution in [0.1, 0.15) is 68.2 Å². The van der Waals surface area contributed by atoms with E-state index in [1.165, 1.54) is 6.42 Å². The summed E-state index contributed by atoms with van der Waals surface area (Å²) in [6.07, 6.45) is 5.18. The zero-order valence-electron chi connectivity index (χ0n) is 18.0. The van der Waals surface area contributed by atoms with E-state index in [-0.39, 0.29) is 16.9 Å². The third kappa shape index (κ3) is 4.02. The van der Waals surface area contributed by atoms with Crippen molar-refractivity contribution in [1.29, 1.82) is 0 Å². The predicted octanol–water partition coefficient (Wildman–Crippen LogP) is 5.06. The molecule has 4 rings (SSSR count). The van der Waals surface area contributed by atoms with Gasteiger partial charge in [-0.15, -0.1) is 0 Å². The van der Waals surface area contributed by atoms with Crippen LogP contribution in [0.15, 0.2) is 47.3 Å². The first kappa shape index (κ1) is 20.3. The number of rotatable bonds is 2. The standard InChI is InChI=1S/C25H29N3O2/c1-25(2,3)19-10-7-8-11-20(19)27-23(29)17-13-14-18-21(16-17)26-22-12-6-4-5-9-15-28(22)24(18)30/h7-8,10-11,13-14,16H,4-6,9,12,15H2,1-3H3,(H,27,29). The molecule has 0 fully saturated rings. The maximum atomic E-state index is 13.0. The third-order valence-corrected chi connectivity index (χ3v) is 5.81. The number of benzene rings is 2. The molecule has 0 atom stereocenters. The molecule has 0 bridgehead atoms. The van der Waals surface area contributed by atoms with Crippen molar-refractivity contribution in [3.63, 3.8) is 0 Å². The van der Waals surface area contributed by atoms with Crippen molar-refractivity contribution in [2.75, 3.05) is 5.32 Å². The van der Waals surface area contributed by atoms with Gasteiger partial charge < -0.3 is 5.32 Å². The summed E-state index contributed by atoms with van der Waals surface area (Å²) in [7, 11) is 0. The molecular weight excluding hydrogens is 374 g/mol. The average Bonchev–Trinajstić information content (AvgIpc) is 2.68. The number of aryl methyl sites for hydroxylation is 1. The summed E-state index contributed by atoms with van der Waals surface area (Å²) >= 11 is 0. The minimum absolute atomic E-state index is 0.00179. The van der Waals surface area contributed by atoms with Gasteiger partial charge in [-0.1, -0.05) is 51.8 Å². The van der Waals surface area contributed by atoms with Gasteiger partial charge >= 0.3 is 0 Å². The normalized spacial score (nSPS) is 14.6. The Morgan fingerprint density at radius 2 is 1.80 bits per heavy atom. The van der Waals surface area contributed by atoms with Gasteiger partial charge in [-0.25, -0.2) is 4.98 Å². The molecule has 5 heteroatoms. The van der Waals surface area contributed by atoms with Crippen LogP contribution in [0.4, 0.5) is 5.69 Å². The molecular formula is C25H29N3O2. The molecule has 3 aromatic rings. The molecule has 156 valence electrons. The quantitative estimate of drug-likeness (QED) is 0.650. The predicted molar refractivity (Wildman–Crippen MR) is 121 cm³/mol. The molecule has 0 spiro atoms. The largest absolute Gasteiger partial charge is 0.322 e. The summed E-state index contributed by atoms with van der Waals surface area (Å²) in [5, 5.41) is 3.62. The number of anilines is 1. The van der Waals surface area contributed by atoms with Crippen molar-refractivity contribution in [3.05, 3.63) is 69.8 Å². The monoisotopic (exact) mass is 403 g/mol. The number of amides is 1. The van der Waals surface area contributed by atoms with Crippen LogP contribution in [0.25, 0.3) is 10.9 Å². The molecule has 2 aromatic carbocycles. The Bertz CT molecular complexity index is 1160. The highest BCUT2D eigenvalue weighted by Crippen LogP contribution is 2.29. The Morgan fingerprint density at radius 1 is 1.03 bits per heavy atom. The molecule has 1 N–H and O–H groups in total.